The Morgan fingerprint density at radius 3 is 2.44 bits per heavy atom. The number of hydrogen-bond acceptors (Lipinski definition) is 3. The first kappa shape index (κ1) is 13.6. The third-order valence-electron chi connectivity index (χ3n) is 2.03. The number of halogens is 1. The molecule has 0 spiro atoms. The van der Waals surface area contributed by atoms with E-state index in [9.17, 15) is 8.42 Å². The molecular weight excluding hydrogens is 292 g/mol. The molecule has 1 aromatic rings. The van der Waals surface area contributed by atoms with Gasteiger partial charge >= 0.3 is 0 Å². The normalized spacial score (nSPS) is 11.6. The van der Waals surface area contributed by atoms with E-state index in [-0.39, 0.29) is 5.75 Å². The molecule has 0 bridgehead atoms. The predicted molar refractivity (Wildman–Crippen MR) is 68.7 cm³/mol. The van der Waals surface area contributed by atoms with Crippen LogP contribution in [0.1, 0.15) is 5.56 Å². The van der Waals surface area contributed by atoms with E-state index in [1.807, 2.05) is 24.3 Å². The average molecular weight is 307 g/mol. The molecule has 0 radical (unpaired) electrons. The van der Waals surface area contributed by atoms with Crippen molar-refractivity contribution in [3.05, 3.63) is 34.3 Å². The molecule has 0 aromatic heterocycles. The molecule has 0 saturated heterocycles. The zero-order valence-electron chi connectivity index (χ0n) is 9.03. The SMILES string of the molecule is CNCCS(=O)(=O)NCc1ccc(Br)cc1. The van der Waals surface area contributed by atoms with Gasteiger partial charge in [-0.25, -0.2) is 13.1 Å². The van der Waals surface area contributed by atoms with Crippen molar-refractivity contribution in [3.63, 3.8) is 0 Å². The van der Waals surface area contributed by atoms with Gasteiger partial charge in [0.05, 0.1) is 5.75 Å². The second-order valence-electron chi connectivity index (χ2n) is 3.37. The molecule has 2 N–H and O–H groups in total. The molecule has 6 heteroatoms. The lowest BCUT2D eigenvalue weighted by atomic mass is 10.2. The number of benzene rings is 1. The van der Waals surface area contributed by atoms with Gasteiger partial charge < -0.3 is 5.32 Å². The van der Waals surface area contributed by atoms with Crippen molar-refractivity contribution in [2.24, 2.45) is 0 Å². The van der Waals surface area contributed by atoms with Crippen molar-refractivity contribution in [2.75, 3.05) is 19.3 Å². The highest BCUT2D eigenvalue weighted by molar-refractivity contribution is 9.10. The Hall–Kier alpha value is -0.430. The highest BCUT2D eigenvalue weighted by atomic mass is 79.9. The van der Waals surface area contributed by atoms with Crippen LogP contribution in [0.25, 0.3) is 0 Å². The summed E-state index contributed by atoms with van der Waals surface area (Å²) in [5.41, 5.74) is 0.941. The summed E-state index contributed by atoms with van der Waals surface area (Å²) in [7, 11) is -1.45. The molecule has 4 nitrogen and oxygen atoms in total. The molecular formula is C10H15BrN2O2S. The topological polar surface area (TPSA) is 58.2 Å². The summed E-state index contributed by atoms with van der Waals surface area (Å²) >= 11 is 3.32. The van der Waals surface area contributed by atoms with E-state index < -0.39 is 10.0 Å². The zero-order valence-corrected chi connectivity index (χ0v) is 11.4. The van der Waals surface area contributed by atoms with Crippen LogP contribution >= 0.6 is 15.9 Å². The highest BCUT2D eigenvalue weighted by Crippen LogP contribution is 2.10. The molecule has 0 unspecified atom stereocenters. The van der Waals surface area contributed by atoms with Gasteiger partial charge in [-0.2, -0.15) is 0 Å². The van der Waals surface area contributed by atoms with E-state index in [0.717, 1.165) is 10.0 Å². The van der Waals surface area contributed by atoms with Crippen molar-refractivity contribution in [1.29, 1.82) is 0 Å². The van der Waals surface area contributed by atoms with Crippen molar-refractivity contribution in [2.45, 2.75) is 6.54 Å². The van der Waals surface area contributed by atoms with Crippen molar-refractivity contribution in [3.8, 4) is 0 Å². The Bertz CT molecular complexity index is 417. The maximum Gasteiger partial charge on any atom is 0.213 e. The number of hydrogen-bond donors (Lipinski definition) is 2. The van der Waals surface area contributed by atoms with Gasteiger partial charge in [0, 0.05) is 17.6 Å². The van der Waals surface area contributed by atoms with Crippen LogP contribution in [0.4, 0.5) is 0 Å². The summed E-state index contributed by atoms with van der Waals surface area (Å²) in [5.74, 6) is 0.0973. The fourth-order valence-electron chi connectivity index (χ4n) is 1.10. The van der Waals surface area contributed by atoms with Crippen LogP contribution in [0.15, 0.2) is 28.7 Å². The quantitative estimate of drug-likeness (QED) is 0.827. The molecule has 1 rings (SSSR count). The molecule has 0 atom stereocenters. The van der Waals surface area contributed by atoms with E-state index in [4.69, 9.17) is 0 Å². The maximum absolute atomic E-state index is 11.5. The van der Waals surface area contributed by atoms with Crippen LogP contribution in [-0.2, 0) is 16.6 Å². The van der Waals surface area contributed by atoms with E-state index in [1.54, 1.807) is 7.05 Å². The Morgan fingerprint density at radius 1 is 1.25 bits per heavy atom. The standard InChI is InChI=1S/C10H15BrN2O2S/c1-12-6-7-16(14,15)13-8-9-2-4-10(11)5-3-9/h2-5,12-13H,6-8H2,1H3. The number of sulfonamides is 1. The molecule has 0 heterocycles. The first-order valence-electron chi connectivity index (χ1n) is 4.90. The van der Waals surface area contributed by atoms with Gasteiger partial charge in [0.25, 0.3) is 0 Å². The van der Waals surface area contributed by atoms with E-state index in [1.165, 1.54) is 0 Å². The average Bonchev–Trinajstić information content (AvgIpc) is 2.26. The van der Waals surface area contributed by atoms with Gasteiger partial charge in [0.2, 0.25) is 10.0 Å². The number of nitrogens with one attached hydrogen (secondary N) is 2. The molecule has 1 aromatic carbocycles. The fourth-order valence-corrected chi connectivity index (χ4v) is 2.37. The van der Waals surface area contributed by atoms with Crippen LogP contribution in [-0.4, -0.2) is 27.8 Å². The number of rotatable bonds is 6. The minimum absolute atomic E-state index is 0.0973. The van der Waals surface area contributed by atoms with Gasteiger partial charge in [-0.05, 0) is 24.7 Å². The van der Waals surface area contributed by atoms with Crippen LogP contribution in [0.3, 0.4) is 0 Å². The predicted octanol–water partition coefficient (Wildman–Crippen LogP) is 1.09. The van der Waals surface area contributed by atoms with E-state index >= 15 is 0 Å². The first-order chi connectivity index (χ1) is 7.53. The maximum atomic E-state index is 11.5. The summed E-state index contributed by atoms with van der Waals surface area (Å²) in [4.78, 5) is 0. The summed E-state index contributed by atoms with van der Waals surface area (Å²) < 4.78 is 26.5. The molecule has 90 valence electrons. The molecule has 0 aliphatic carbocycles. The third kappa shape index (κ3) is 5.07. The van der Waals surface area contributed by atoms with Gasteiger partial charge in [-0.3, -0.25) is 0 Å². The van der Waals surface area contributed by atoms with E-state index in [2.05, 4.69) is 26.0 Å². The lowest BCUT2D eigenvalue weighted by Crippen LogP contribution is -2.30. The molecule has 0 fully saturated rings. The molecule has 16 heavy (non-hydrogen) atoms. The summed E-state index contributed by atoms with van der Waals surface area (Å²) in [6.07, 6.45) is 0. The minimum Gasteiger partial charge on any atom is -0.319 e. The van der Waals surface area contributed by atoms with Crippen LogP contribution in [0.2, 0.25) is 0 Å². The highest BCUT2D eigenvalue weighted by Gasteiger charge is 2.08. The second kappa shape index (κ2) is 6.34. The zero-order chi connectivity index (χ0) is 12.0. The Kier molecular flexibility index (Phi) is 5.40. The molecule has 0 amide bonds. The van der Waals surface area contributed by atoms with Gasteiger partial charge in [0.1, 0.15) is 0 Å². The summed E-state index contributed by atoms with van der Waals surface area (Å²) in [6, 6.07) is 7.53. The van der Waals surface area contributed by atoms with Crippen molar-refractivity contribution in [1.82, 2.24) is 10.0 Å². The Balaban J connectivity index is 2.48. The van der Waals surface area contributed by atoms with Crippen LogP contribution < -0.4 is 10.0 Å². The molecule has 0 saturated carbocycles. The Labute approximate surface area is 105 Å². The second-order valence-corrected chi connectivity index (χ2v) is 6.21. The smallest absolute Gasteiger partial charge is 0.213 e. The van der Waals surface area contributed by atoms with Crippen LogP contribution in [0, 0.1) is 0 Å². The molecule has 0 aliphatic heterocycles. The summed E-state index contributed by atoms with van der Waals surface area (Å²) in [6.45, 7) is 0.787. The molecule has 0 aliphatic rings. The summed E-state index contributed by atoms with van der Waals surface area (Å²) in [5, 5.41) is 2.80. The van der Waals surface area contributed by atoms with Gasteiger partial charge in [-0.15, -0.1) is 0 Å². The fraction of sp³-hybridized carbons (Fsp3) is 0.400. The largest absolute Gasteiger partial charge is 0.319 e. The lowest BCUT2D eigenvalue weighted by molar-refractivity contribution is 0.579. The van der Waals surface area contributed by atoms with Gasteiger partial charge in [-0.1, -0.05) is 28.1 Å². The monoisotopic (exact) mass is 306 g/mol. The van der Waals surface area contributed by atoms with Gasteiger partial charge in [0.15, 0.2) is 0 Å². The third-order valence-corrected chi connectivity index (χ3v) is 3.88. The van der Waals surface area contributed by atoms with Crippen molar-refractivity contribution >= 4 is 26.0 Å². The van der Waals surface area contributed by atoms with E-state index in [0.29, 0.717) is 13.1 Å². The van der Waals surface area contributed by atoms with Crippen LogP contribution in [0.5, 0.6) is 0 Å². The lowest BCUT2D eigenvalue weighted by Gasteiger charge is -2.06. The Morgan fingerprint density at radius 2 is 1.88 bits per heavy atom. The first-order valence-corrected chi connectivity index (χ1v) is 7.34. The van der Waals surface area contributed by atoms with Crippen molar-refractivity contribution < 1.29 is 8.42 Å². The minimum atomic E-state index is -3.18.